The predicted octanol–water partition coefficient (Wildman–Crippen LogP) is 15.2. The van der Waals surface area contributed by atoms with Crippen molar-refractivity contribution >= 4 is 60.8 Å². The Balaban J connectivity index is 1.26. The standard InChI is InChI=1S/C54H36N2O/c1-3-18-37(19-4-1)40-22-7-8-26-46(40)54-41(38-20-5-2-6-21-38)27-17-32-51(54)55(39-34-35-45-44-25-11-16-33-52(44)57-53(45)36-39)49-30-14-15-31-50(49)56-47-28-12-9-23-42(47)43-24-10-13-29-48(43)56/h1-36H. The van der Waals surface area contributed by atoms with Crippen molar-refractivity contribution in [3.8, 4) is 39.1 Å². The van der Waals surface area contributed by atoms with Crippen molar-refractivity contribution in [3.63, 3.8) is 0 Å². The molecular weight excluding hydrogens is 693 g/mol. The highest BCUT2D eigenvalue weighted by atomic mass is 16.3. The first-order valence-electron chi connectivity index (χ1n) is 19.4. The molecule has 0 aliphatic rings. The molecule has 0 fully saturated rings. The van der Waals surface area contributed by atoms with Crippen LogP contribution in [0.25, 0.3) is 82.8 Å². The van der Waals surface area contributed by atoms with E-state index in [4.69, 9.17) is 4.42 Å². The van der Waals surface area contributed by atoms with Gasteiger partial charge in [0.1, 0.15) is 11.2 Å². The highest BCUT2D eigenvalue weighted by molar-refractivity contribution is 6.11. The lowest BCUT2D eigenvalue weighted by molar-refractivity contribution is 0.669. The van der Waals surface area contributed by atoms with Crippen LogP contribution in [0.5, 0.6) is 0 Å². The van der Waals surface area contributed by atoms with Crippen molar-refractivity contribution in [2.24, 2.45) is 0 Å². The third kappa shape index (κ3) is 5.43. The molecule has 0 radical (unpaired) electrons. The van der Waals surface area contributed by atoms with Crippen LogP contribution >= 0.6 is 0 Å². The molecule has 9 aromatic carbocycles. The van der Waals surface area contributed by atoms with Crippen LogP contribution in [-0.4, -0.2) is 4.57 Å². The van der Waals surface area contributed by atoms with Gasteiger partial charge in [0.05, 0.1) is 28.1 Å². The van der Waals surface area contributed by atoms with Crippen LogP contribution in [0.4, 0.5) is 17.1 Å². The van der Waals surface area contributed by atoms with Crippen LogP contribution in [0.2, 0.25) is 0 Å². The maximum absolute atomic E-state index is 6.59. The smallest absolute Gasteiger partial charge is 0.137 e. The summed E-state index contributed by atoms with van der Waals surface area (Å²) in [5.74, 6) is 0. The van der Waals surface area contributed by atoms with E-state index in [0.29, 0.717) is 0 Å². The van der Waals surface area contributed by atoms with E-state index in [0.717, 1.165) is 78.0 Å². The molecule has 0 saturated heterocycles. The lowest BCUT2D eigenvalue weighted by Crippen LogP contribution is -2.14. The molecule has 2 aromatic heterocycles. The Bertz CT molecular complexity index is 3190. The minimum absolute atomic E-state index is 0.846. The van der Waals surface area contributed by atoms with Crippen molar-refractivity contribution in [1.82, 2.24) is 4.57 Å². The number of rotatable bonds is 7. The van der Waals surface area contributed by atoms with Crippen molar-refractivity contribution < 1.29 is 4.42 Å². The first kappa shape index (κ1) is 32.8. The number of furan rings is 1. The molecule has 3 heteroatoms. The minimum Gasteiger partial charge on any atom is -0.456 e. The maximum atomic E-state index is 6.59. The van der Waals surface area contributed by atoms with Crippen molar-refractivity contribution in [2.75, 3.05) is 4.90 Å². The van der Waals surface area contributed by atoms with Crippen LogP contribution in [0, 0.1) is 0 Å². The van der Waals surface area contributed by atoms with Crippen LogP contribution in [0.1, 0.15) is 0 Å². The average Bonchev–Trinajstić information content (AvgIpc) is 3.83. The fraction of sp³-hybridized carbons (Fsp3) is 0. The SMILES string of the molecule is c1ccc(-c2ccccc2-c2c(-c3ccccc3)cccc2N(c2ccc3c(c2)oc2ccccc23)c2ccccc2-n2c3ccccc3c3ccccc32)cc1. The summed E-state index contributed by atoms with van der Waals surface area (Å²) in [5.41, 5.74) is 15.2. The summed E-state index contributed by atoms with van der Waals surface area (Å²) in [6.07, 6.45) is 0. The number of para-hydroxylation sites is 5. The summed E-state index contributed by atoms with van der Waals surface area (Å²) < 4.78 is 9.01. The van der Waals surface area contributed by atoms with Gasteiger partial charge in [0.2, 0.25) is 0 Å². The number of benzene rings is 9. The first-order chi connectivity index (χ1) is 28.3. The van der Waals surface area contributed by atoms with E-state index >= 15 is 0 Å². The third-order valence-corrected chi connectivity index (χ3v) is 11.2. The van der Waals surface area contributed by atoms with Crippen LogP contribution in [-0.2, 0) is 0 Å². The fourth-order valence-corrected chi connectivity index (χ4v) is 8.72. The van der Waals surface area contributed by atoms with Crippen molar-refractivity contribution in [1.29, 1.82) is 0 Å². The van der Waals surface area contributed by atoms with E-state index < -0.39 is 0 Å². The summed E-state index contributed by atoms with van der Waals surface area (Å²) in [5, 5.41) is 4.65. The van der Waals surface area contributed by atoms with E-state index in [1.165, 1.54) is 21.9 Å². The van der Waals surface area contributed by atoms with Gasteiger partial charge in [0, 0.05) is 38.9 Å². The highest BCUT2D eigenvalue weighted by Crippen LogP contribution is 2.50. The summed E-state index contributed by atoms with van der Waals surface area (Å²) in [6, 6.07) is 78.2. The molecule has 0 aliphatic heterocycles. The molecule has 57 heavy (non-hydrogen) atoms. The lowest BCUT2D eigenvalue weighted by atomic mass is 9.87. The summed E-state index contributed by atoms with van der Waals surface area (Å²) >= 11 is 0. The maximum Gasteiger partial charge on any atom is 0.137 e. The van der Waals surface area contributed by atoms with Gasteiger partial charge in [-0.15, -0.1) is 0 Å². The van der Waals surface area contributed by atoms with Crippen LogP contribution in [0.3, 0.4) is 0 Å². The Kier molecular flexibility index (Phi) is 7.82. The Labute approximate surface area is 330 Å². The molecule has 0 unspecified atom stereocenters. The monoisotopic (exact) mass is 728 g/mol. The van der Waals surface area contributed by atoms with Gasteiger partial charge in [0.15, 0.2) is 0 Å². The summed E-state index contributed by atoms with van der Waals surface area (Å²) in [7, 11) is 0. The molecule has 11 aromatic rings. The molecule has 0 atom stereocenters. The van der Waals surface area contributed by atoms with Gasteiger partial charge in [-0.3, -0.25) is 0 Å². The molecule has 0 amide bonds. The highest BCUT2D eigenvalue weighted by Gasteiger charge is 2.26. The number of hydrogen-bond acceptors (Lipinski definition) is 2. The van der Waals surface area contributed by atoms with Gasteiger partial charge < -0.3 is 13.9 Å². The predicted molar refractivity (Wildman–Crippen MR) is 239 cm³/mol. The van der Waals surface area contributed by atoms with Gasteiger partial charge >= 0.3 is 0 Å². The Morgan fingerprint density at radius 2 is 0.877 bits per heavy atom. The van der Waals surface area contributed by atoms with E-state index in [9.17, 15) is 0 Å². The van der Waals surface area contributed by atoms with Crippen molar-refractivity contribution in [3.05, 3.63) is 218 Å². The quantitative estimate of drug-likeness (QED) is 0.163. The average molecular weight is 729 g/mol. The molecule has 11 rings (SSSR count). The summed E-state index contributed by atoms with van der Waals surface area (Å²) in [6.45, 7) is 0. The molecule has 0 bridgehead atoms. The number of fused-ring (bicyclic) bond motifs is 6. The lowest BCUT2D eigenvalue weighted by Gasteiger charge is -2.31. The van der Waals surface area contributed by atoms with Gasteiger partial charge in [0.25, 0.3) is 0 Å². The zero-order chi connectivity index (χ0) is 37.7. The molecule has 0 spiro atoms. The van der Waals surface area contributed by atoms with E-state index in [1.807, 2.05) is 12.1 Å². The minimum atomic E-state index is 0.846. The number of hydrogen-bond donors (Lipinski definition) is 0. The third-order valence-electron chi connectivity index (χ3n) is 11.2. The topological polar surface area (TPSA) is 21.3 Å². The number of nitrogens with zero attached hydrogens (tertiary/aromatic N) is 2. The molecule has 2 heterocycles. The van der Waals surface area contributed by atoms with E-state index in [-0.39, 0.29) is 0 Å². The zero-order valence-corrected chi connectivity index (χ0v) is 31.1. The normalized spacial score (nSPS) is 11.5. The second kappa shape index (κ2) is 13.6. The Morgan fingerprint density at radius 3 is 1.61 bits per heavy atom. The van der Waals surface area contributed by atoms with Gasteiger partial charge in [-0.05, 0) is 76.3 Å². The number of anilines is 3. The molecule has 0 aliphatic carbocycles. The largest absolute Gasteiger partial charge is 0.456 e. The van der Waals surface area contributed by atoms with Crippen LogP contribution < -0.4 is 4.90 Å². The zero-order valence-electron chi connectivity index (χ0n) is 31.1. The van der Waals surface area contributed by atoms with Crippen molar-refractivity contribution in [2.45, 2.75) is 0 Å². The van der Waals surface area contributed by atoms with Gasteiger partial charge in [-0.2, -0.15) is 0 Å². The van der Waals surface area contributed by atoms with Gasteiger partial charge in [-0.25, -0.2) is 0 Å². The first-order valence-corrected chi connectivity index (χ1v) is 19.4. The Hall–Kier alpha value is -7.62. The Morgan fingerprint density at radius 1 is 0.351 bits per heavy atom. The molecule has 3 nitrogen and oxygen atoms in total. The molecule has 0 saturated carbocycles. The second-order valence-corrected chi connectivity index (χ2v) is 14.4. The molecular formula is C54H36N2O. The van der Waals surface area contributed by atoms with Crippen LogP contribution in [0.15, 0.2) is 223 Å². The molecule has 0 N–H and O–H groups in total. The van der Waals surface area contributed by atoms with E-state index in [2.05, 4.69) is 216 Å². The summed E-state index contributed by atoms with van der Waals surface area (Å²) in [4.78, 5) is 2.44. The second-order valence-electron chi connectivity index (χ2n) is 14.4. The number of aromatic nitrogens is 1. The van der Waals surface area contributed by atoms with Gasteiger partial charge in [-0.1, -0.05) is 164 Å². The fourth-order valence-electron chi connectivity index (χ4n) is 8.72. The molecule has 268 valence electrons. The van der Waals surface area contributed by atoms with E-state index in [1.54, 1.807) is 0 Å².